The smallest absolute Gasteiger partial charge is 0.160 e. The molecule has 0 saturated heterocycles. The number of aliphatic hydroxyl groups excluding tert-OH is 1. The van der Waals surface area contributed by atoms with Crippen LogP contribution in [0, 0.1) is 108 Å². The number of carbonyl (C=O) groups excluding carboxylic acids is 4. The first-order chi connectivity index (χ1) is 63.5. The van der Waals surface area contributed by atoms with Gasteiger partial charge in [-0.2, -0.15) is 0 Å². The number of fused-ring (bicyclic) bond motifs is 5. The maximum atomic E-state index is 11.9. The van der Waals surface area contributed by atoms with Crippen LogP contribution in [-0.2, 0) is 27.2 Å². The van der Waals surface area contributed by atoms with E-state index in [1.165, 1.54) is 74.0 Å². The van der Waals surface area contributed by atoms with Crippen molar-refractivity contribution in [3.8, 4) is 0 Å². The third-order valence-corrected chi connectivity index (χ3v) is 27.6. The highest BCUT2D eigenvalue weighted by Crippen LogP contribution is 2.50. The molecule has 10 aliphatic rings. The molecule has 19 atom stereocenters. The SMILES string of the molecule is CC(=O)Cc1ccccc1.Cc1cccc(/C=C/C(=O)Cc2ccccc2)c1.Cc1cccc(C2CC(=O)CC3C=CC=CC32)c1.Cc1cccc(C2CC(N(C)C)CC3C=CC=CC32)c1.Cc1cccc(C2CC(N)CC3C=CC=CC32)c1.Cc1cccc(C2CC(N=[N+]=[N-])CC3C=CC=CC32)c1.Cc1cccc(C2CC(O)CC3C=CC=CC32)c1.Cc1cccc(C=O)c1. The van der Waals surface area contributed by atoms with Crippen molar-refractivity contribution >= 4 is 29.7 Å². The second kappa shape index (κ2) is 49.8. The van der Waals surface area contributed by atoms with Crippen LogP contribution in [0.5, 0.6) is 0 Å². The Morgan fingerprint density at radius 2 is 0.756 bits per heavy atom. The Bertz CT molecular complexity index is 5560. The van der Waals surface area contributed by atoms with E-state index in [9.17, 15) is 24.3 Å². The Balaban J connectivity index is 0.000000137. The normalized spacial score (nSPS) is 26.1. The molecular weight excluding hydrogens is 1600 g/mol. The van der Waals surface area contributed by atoms with Crippen LogP contribution in [0.1, 0.15) is 195 Å². The highest BCUT2D eigenvalue weighted by atomic mass is 16.3. The molecule has 19 rings (SSSR count). The summed E-state index contributed by atoms with van der Waals surface area (Å²) >= 11 is 0. The molecule has 10 heteroatoms. The number of aliphatic hydroxyl groups is 1. The lowest BCUT2D eigenvalue weighted by Crippen LogP contribution is -2.40. The van der Waals surface area contributed by atoms with Crippen LogP contribution >= 0.6 is 0 Å². The van der Waals surface area contributed by atoms with Crippen LogP contribution in [0.2, 0.25) is 0 Å². The number of nitrogens with zero attached hydrogens (tertiary/aromatic N) is 4. The van der Waals surface area contributed by atoms with E-state index >= 15 is 0 Å². The van der Waals surface area contributed by atoms with Gasteiger partial charge >= 0.3 is 0 Å². The molecule has 676 valence electrons. The predicted molar refractivity (Wildman–Crippen MR) is 544 cm³/mol. The monoisotopic (exact) mass is 1740 g/mol. The predicted octanol–water partition coefficient (Wildman–Crippen LogP) is 27.5. The lowest BCUT2D eigenvalue weighted by molar-refractivity contribution is -0.122. The van der Waals surface area contributed by atoms with Gasteiger partial charge in [-0.15, -0.1) is 0 Å². The zero-order valence-corrected chi connectivity index (χ0v) is 78.6. The molecule has 3 N–H and O–H groups in total. The van der Waals surface area contributed by atoms with Crippen molar-refractivity contribution in [2.45, 2.75) is 186 Å². The fourth-order valence-corrected chi connectivity index (χ4v) is 21.2. The third kappa shape index (κ3) is 29.8. The molecule has 0 aromatic heterocycles. The number of allylic oxidation sites excluding steroid dienone is 21. The number of carbonyl (C=O) groups is 4. The van der Waals surface area contributed by atoms with Gasteiger partial charge in [0, 0.05) is 54.3 Å². The molecule has 0 aliphatic heterocycles. The van der Waals surface area contributed by atoms with E-state index in [0.29, 0.717) is 132 Å². The molecule has 0 amide bonds. The highest BCUT2D eigenvalue weighted by molar-refractivity contribution is 5.95. The standard InChI is InChI=1S/C19H25N.C17H19N3.C17H21N.C17H20O.C17H18O.C17H16O.C9H10O.C8H8O/c1-14-7-6-9-15(11-14)19-13-17(20(2)3)12-16-8-4-5-10-18(16)19;1-12-5-4-7-13(9-12)17-11-15(19-20-18)10-14-6-2-3-8-16(14)17;3*1-12-5-4-7-13(9-12)17-11-15(18)10-14-6-2-3-8-16(14)17;1-14-6-5-9-16(12-14)10-11-17(18)13-15-7-3-2-4-8-15;1-8(10)7-9-5-3-2-4-6-9;1-7-3-2-4-8(5-7)6-9/h4-11,16-19H,12-13H2,1-3H3;2-9,14-17H,10-11H2,1H3;2-9,14-17H,10-11,18H2,1H3;2-9,14-18H,10-11H2,1H3;2-9,14,16-17H,10-11H2,1H3;2-12H,13H2,1H3;2-6H,7H2,1H3;2-6H,1H3/b;;;;;11-10+;;. The van der Waals surface area contributed by atoms with Crippen molar-refractivity contribution in [2.24, 2.45) is 70.0 Å². The number of nitrogens with two attached hydrogens (primary N) is 1. The van der Waals surface area contributed by atoms with Gasteiger partial charge in [0.15, 0.2) is 5.78 Å². The van der Waals surface area contributed by atoms with Crippen LogP contribution in [0.15, 0.2) is 363 Å². The Morgan fingerprint density at radius 3 is 1.18 bits per heavy atom. The fourth-order valence-electron chi connectivity index (χ4n) is 21.2. The lowest BCUT2D eigenvalue weighted by atomic mass is 9.66. The number of benzene rings is 9. The number of ketones is 3. The van der Waals surface area contributed by atoms with Gasteiger partial charge < -0.3 is 15.7 Å². The maximum Gasteiger partial charge on any atom is 0.160 e. The quantitative estimate of drug-likeness (QED) is 0.0359. The summed E-state index contributed by atoms with van der Waals surface area (Å²) < 4.78 is 0. The molecule has 5 fully saturated rings. The number of rotatable bonds is 14. The Kier molecular flexibility index (Phi) is 37.3. The zero-order chi connectivity index (χ0) is 92.5. The number of azide groups is 1. The van der Waals surface area contributed by atoms with Crippen molar-refractivity contribution in [3.05, 3.63) is 458 Å². The topological polar surface area (TPSA) is 167 Å². The van der Waals surface area contributed by atoms with E-state index in [0.717, 1.165) is 72.6 Å². The molecule has 9 aromatic carbocycles. The molecule has 10 aliphatic carbocycles. The third-order valence-electron chi connectivity index (χ3n) is 27.6. The summed E-state index contributed by atoms with van der Waals surface area (Å²) in [4.78, 5) is 49.9. The minimum absolute atomic E-state index is 0.114. The van der Waals surface area contributed by atoms with E-state index in [4.69, 9.17) is 11.3 Å². The second-order valence-electron chi connectivity index (χ2n) is 38.2. The van der Waals surface area contributed by atoms with Crippen LogP contribution in [0.3, 0.4) is 0 Å². The maximum absolute atomic E-state index is 11.9. The summed E-state index contributed by atoms with van der Waals surface area (Å²) in [7, 11) is 4.45. The summed E-state index contributed by atoms with van der Waals surface area (Å²) in [5.74, 6) is 8.88. The molecule has 19 unspecified atom stereocenters. The summed E-state index contributed by atoms with van der Waals surface area (Å²) in [5.41, 5.74) is 34.9. The summed E-state index contributed by atoms with van der Waals surface area (Å²) in [6, 6.07) is 80.4. The molecule has 10 nitrogen and oxygen atoms in total. The Labute approximate surface area is 781 Å². The van der Waals surface area contributed by atoms with E-state index in [2.05, 4.69) is 313 Å². The van der Waals surface area contributed by atoms with Crippen molar-refractivity contribution in [1.29, 1.82) is 0 Å². The number of hydrogen-bond donors (Lipinski definition) is 2. The van der Waals surface area contributed by atoms with Gasteiger partial charge in [-0.25, -0.2) is 0 Å². The lowest BCUT2D eigenvalue weighted by Gasteiger charge is -2.43. The number of Topliss-reactive ketones (excluding diaryl/α,β-unsaturated/α-hetero) is 2. The van der Waals surface area contributed by atoms with Crippen molar-refractivity contribution in [1.82, 2.24) is 4.90 Å². The molecule has 0 heterocycles. The molecule has 0 radical (unpaired) electrons. The average Bonchev–Trinajstić information content (AvgIpc) is 0.815. The highest BCUT2D eigenvalue weighted by Gasteiger charge is 2.41. The first kappa shape index (κ1) is 98.0. The zero-order valence-electron chi connectivity index (χ0n) is 78.6. The fraction of sp³-hybridized carbons (Fsp3) is 0.339. The second-order valence-corrected chi connectivity index (χ2v) is 38.2. The summed E-state index contributed by atoms with van der Waals surface area (Å²) in [5, 5.41) is 14.1. The Morgan fingerprint density at radius 1 is 0.397 bits per heavy atom. The van der Waals surface area contributed by atoms with Crippen molar-refractivity contribution in [2.75, 3.05) is 14.1 Å². The van der Waals surface area contributed by atoms with Gasteiger partial charge in [0.25, 0.3) is 0 Å². The summed E-state index contributed by atoms with van der Waals surface area (Å²) in [6.07, 6.45) is 60.0. The number of aryl methyl sites for hydroxylation is 7. The van der Waals surface area contributed by atoms with E-state index in [1.54, 1.807) is 19.1 Å². The number of aldehydes is 1. The molecule has 131 heavy (non-hydrogen) atoms. The van der Waals surface area contributed by atoms with E-state index in [-0.39, 0.29) is 23.7 Å². The Hall–Kier alpha value is -12.0. The van der Waals surface area contributed by atoms with Crippen LogP contribution in [0.4, 0.5) is 0 Å². The molecule has 5 saturated carbocycles. The van der Waals surface area contributed by atoms with Gasteiger partial charge in [0.05, 0.1) is 6.10 Å². The van der Waals surface area contributed by atoms with Crippen molar-refractivity contribution < 1.29 is 24.3 Å². The van der Waals surface area contributed by atoms with Gasteiger partial charge in [-0.1, -0.05) is 396 Å². The van der Waals surface area contributed by atoms with Gasteiger partial charge in [0.2, 0.25) is 0 Å². The minimum Gasteiger partial charge on any atom is -0.393 e. The molecule has 0 bridgehead atoms. The number of hydrogen-bond acceptors (Lipinski definition) is 8. The molecular formula is C121H137N5O5. The summed E-state index contributed by atoms with van der Waals surface area (Å²) in [6.45, 7) is 16.4. The first-order valence-electron chi connectivity index (χ1n) is 47.6. The van der Waals surface area contributed by atoms with Crippen LogP contribution < -0.4 is 5.73 Å². The van der Waals surface area contributed by atoms with Gasteiger partial charge in [0.1, 0.15) is 17.9 Å². The van der Waals surface area contributed by atoms with Crippen LogP contribution in [-0.4, -0.2) is 72.0 Å². The van der Waals surface area contributed by atoms with Crippen molar-refractivity contribution in [3.63, 3.8) is 0 Å². The van der Waals surface area contributed by atoms with E-state index < -0.39 is 0 Å². The van der Waals surface area contributed by atoms with E-state index in [1.807, 2.05) is 117 Å². The van der Waals surface area contributed by atoms with Gasteiger partial charge in [-0.05, 0) is 272 Å². The first-order valence-corrected chi connectivity index (χ1v) is 47.6. The average molecular weight is 1740 g/mol. The minimum atomic E-state index is -0.159. The largest absolute Gasteiger partial charge is 0.393 e. The molecule has 0 spiro atoms. The van der Waals surface area contributed by atoms with Gasteiger partial charge in [-0.3, -0.25) is 19.2 Å². The van der Waals surface area contributed by atoms with Crippen LogP contribution in [0.25, 0.3) is 16.5 Å². The molecule has 9 aromatic rings.